The molecule has 0 bridgehead atoms. The molecule has 0 saturated carbocycles. The second-order valence-electron chi connectivity index (χ2n) is 10.7. The summed E-state index contributed by atoms with van der Waals surface area (Å²) in [5.74, 6) is -1.29. The molecule has 0 spiro atoms. The summed E-state index contributed by atoms with van der Waals surface area (Å²) in [5.41, 5.74) is 5.30. The summed E-state index contributed by atoms with van der Waals surface area (Å²) in [4.78, 5) is 38.4. The number of ether oxygens (including phenoxy) is 2. The quantitative estimate of drug-likeness (QED) is 0.394. The van der Waals surface area contributed by atoms with Crippen molar-refractivity contribution in [3.05, 3.63) is 95.1 Å². The molecule has 3 aromatic carbocycles. The summed E-state index contributed by atoms with van der Waals surface area (Å²) in [6.45, 7) is 5.79. The van der Waals surface area contributed by atoms with Crippen molar-refractivity contribution in [3.8, 4) is 11.1 Å². The SMILES string of the molecule is CN(Cc1cccc(C[C@H](NC(=O)OCC2c3ccccc3-c3ccccc32)C(=O)O)c1)C(=O)OC(C)(C)C. The predicted molar refractivity (Wildman–Crippen MR) is 147 cm³/mol. The second-order valence-corrected chi connectivity index (χ2v) is 10.7. The van der Waals surface area contributed by atoms with Gasteiger partial charge in [-0.1, -0.05) is 72.8 Å². The van der Waals surface area contributed by atoms with E-state index in [0.717, 1.165) is 27.8 Å². The molecule has 0 unspecified atom stereocenters. The highest BCUT2D eigenvalue weighted by Crippen LogP contribution is 2.44. The highest BCUT2D eigenvalue weighted by Gasteiger charge is 2.30. The zero-order valence-electron chi connectivity index (χ0n) is 22.6. The first-order valence-corrected chi connectivity index (χ1v) is 12.9. The first-order chi connectivity index (χ1) is 18.5. The van der Waals surface area contributed by atoms with Crippen LogP contribution in [0.15, 0.2) is 72.8 Å². The predicted octanol–water partition coefficient (Wildman–Crippen LogP) is 5.59. The molecule has 204 valence electrons. The molecular weight excluding hydrogens is 496 g/mol. The number of hydrogen-bond donors (Lipinski definition) is 2. The molecule has 0 radical (unpaired) electrons. The zero-order chi connectivity index (χ0) is 28.2. The van der Waals surface area contributed by atoms with Crippen molar-refractivity contribution in [3.63, 3.8) is 0 Å². The molecule has 2 N–H and O–H groups in total. The Hall–Kier alpha value is -4.33. The van der Waals surface area contributed by atoms with E-state index in [4.69, 9.17) is 9.47 Å². The lowest BCUT2D eigenvalue weighted by Gasteiger charge is -2.24. The Bertz CT molecular complexity index is 1320. The number of fused-ring (bicyclic) bond motifs is 3. The minimum absolute atomic E-state index is 0.0590. The fraction of sp³-hybridized carbons (Fsp3) is 0.323. The lowest BCUT2D eigenvalue weighted by molar-refractivity contribution is -0.139. The number of benzene rings is 3. The number of nitrogens with one attached hydrogen (secondary N) is 1. The third-order valence-electron chi connectivity index (χ3n) is 6.49. The highest BCUT2D eigenvalue weighted by atomic mass is 16.6. The minimum Gasteiger partial charge on any atom is -0.480 e. The van der Waals surface area contributed by atoms with Gasteiger partial charge in [0.15, 0.2) is 0 Å². The average Bonchev–Trinajstić information content (AvgIpc) is 3.20. The van der Waals surface area contributed by atoms with Gasteiger partial charge in [0.2, 0.25) is 0 Å². The number of alkyl carbamates (subject to hydrolysis) is 1. The van der Waals surface area contributed by atoms with Gasteiger partial charge >= 0.3 is 18.2 Å². The van der Waals surface area contributed by atoms with Gasteiger partial charge in [-0.25, -0.2) is 14.4 Å². The molecule has 0 fully saturated rings. The summed E-state index contributed by atoms with van der Waals surface area (Å²) >= 11 is 0. The Labute approximate surface area is 228 Å². The lowest BCUT2D eigenvalue weighted by Crippen LogP contribution is -2.43. The number of aliphatic carboxylic acids is 1. The molecule has 8 nitrogen and oxygen atoms in total. The number of carboxylic acids is 1. The Morgan fingerprint density at radius 2 is 1.51 bits per heavy atom. The molecule has 1 aliphatic carbocycles. The lowest BCUT2D eigenvalue weighted by atomic mass is 9.98. The Kier molecular flexibility index (Phi) is 8.24. The van der Waals surface area contributed by atoms with Gasteiger partial charge in [-0.3, -0.25) is 0 Å². The number of hydrogen-bond acceptors (Lipinski definition) is 5. The van der Waals surface area contributed by atoms with E-state index in [9.17, 15) is 19.5 Å². The van der Waals surface area contributed by atoms with E-state index in [-0.39, 0.29) is 18.9 Å². The van der Waals surface area contributed by atoms with Gasteiger partial charge in [0.1, 0.15) is 18.2 Å². The number of carbonyl (C=O) groups is 3. The normalized spacial score (nSPS) is 13.1. The van der Waals surface area contributed by atoms with Crippen LogP contribution >= 0.6 is 0 Å². The molecule has 1 aliphatic rings. The Morgan fingerprint density at radius 3 is 2.10 bits per heavy atom. The number of amides is 2. The number of rotatable bonds is 8. The van der Waals surface area contributed by atoms with Gasteiger partial charge in [-0.2, -0.15) is 0 Å². The van der Waals surface area contributed by atoms with Crippen LogP contribution in [0, 0.1) is 0 Å². The maximum atomic E-state index is 12.7. The van der Waals surface area contributed by atoms with E-state index < -0.39 is 29.8 Å². The summed E-state index contributed by atoms with van der Waals surface area (Å²) < 4.78 is 10.9. The van der Waals surface area contributed by atoms with Crippen molar-refractivity contribution in [2.24, 2.45) is 0 Å². The zero-order valence-corrected chi connectivity index (χ0v) is 22.6. The van der Waals surface area contributed by atoms with Crippen molar-refractivity contribution in [2.75, 3.05) is 13.7 Å². The molecule has 4 rings (SSSR count). The van der Waals surface area contributed by atoms with Crippen molar-refractivity contribution in [1.29, 1.82) is 0 Å². The summed E-state index contributed by atoms with van der Waals surface area (Å²) in [5, 5.41) is 12.3. The summed E-state index contributed by atoms with van der Waals surface area (Å²) in [7, 11) is 1.64. The standard InChI is InChI=1S/C31H34N2O6/c1-31(2,3)39-30(37)33(4)18-21-11-9-10-20(16-21)17-27(28(34)35)32-29(36)38-19-26-24-14-7-5-12-22(24)23-13-6-8-15-25(23)26/h5-16,26-27H,17-19H2,1-4H3,(H,32,36)(H,34,35)/t27-/m0/s1. The molecule has 0 aromatic heterocycles. The molecule has 2 amide bonds. The Morgan fingerprint density at radius 1 is 0.923 bits per heavy atom. The van der Waals surface area contributed by atoms with Crippen molar-refractivity contribution >= 4 is 18.2 Å². The van der Waals surface area contributed by atoms with E-state index in [2.05, 4.69) is 5.32 Å². The fourth-order valence-corrected chi connectivity index (χ4v) is 4.75. The fourth-order valence-electron chi connectivity index (χ4n) is 4.75. The first kappa shape index (κ1) is 27.7. The summed E-state index contributed by atoms with van der Waals surface area (Å²) in [6.07, 6.45) is -1.18. The van der Waals surface area contributed by atoms with E-state index in [1.54, 1.807) is 40.0 Å². The first-order valence-electron chi connectivity index (χ1n) is 12.9. The third kappa shape index (κ3) is 6.96. The molecule has 0 saturated heterocycles. The van der Waals surface area contributed by atoms with Gasteiger partial charge in [0.25, 0.3) is 0 Å². The van der Waals surface area contributed by atoms with Crippen LogP contribution in [-0.4, -0.2) is 53.5 Å². The summed E-state index contributed by atoms with van der Waals surface area (Å²) in [6, 6.07) is 22.1. The van der Waals surface area contributed by atoms with E-state index in [1.165, 1.54) is 4.90 Å². The van der Waals surface area contributed by atoms with E-state index in [1.807, 2.05) is 60.7 Å². The molecule has 1 atom stereocenters. The van der Waals surface area contributed by atoms with Crippen molar-refractivity contribution in [1.82, 2.24) is 10.2 Å². The maximum absolute atomic E-state index is 12.7. The van der Waals surface area contributed by atoms with Gasteiger partial charge in [-0.05, 0) is 54.2 Å². The van der Waals surface area contributed by atoms with Crippen LogP contribution in [0.5, 0.6) is 0 Å². The van der Waals surface area contributed by atoms with Crippen LogP contribution < -0.4 is 5.32 Å². The Balaban J connectivity index is 1.37. The molecule has 8 heteroatoms. The number of carbonyl (C=O) groups excluding carboxylic acids is 2. The molecule has 3 aromatic rings. The van der Waals surface area contributed by atoms with Crippen LogP contribution in [0.3, 0.4) is 0 Å². The number of nitrogens with zero attached hydrogens (tertiary/aromatic N) is 1. The minimum atomic E-state index is -1.18. The highest BCUT2D eigenvalue weighted by molar-refractivity contribution is 5.81. The van der Waals surface area contributed by atoms with Gasteiger partial charge < -0.3 is 24.8 Å². The van der Waals surface area contributed by atoms with Crippen LogP contribution in [0.25, 0.3) is 11.1 Å². The van der Waals surface area contributed by atoms with Crippen LogP contribution in [0.4, 0.5) is 9.59 Å². The third-order valence-corrected chi connectivity index (χ3v) is 6.49. The number of carboxylic acid groups (broad SMARTS) is 1. The van der Waals surface area contributed by atoms with Crippen LogP contribution in [0.1, 0.15) is 48.9 Å². The second kappa shape index (κ2) is 11.6. The van der Waals surface area contributed by atoms with Gasteiger partial charge in [-0.15, -0.1) is 0 Å². The van der Waals surface area contributed by atoms with Crippen molar-refractivity contribution < 1.29 is 29.0 Å². The largest absolute Gasteiger partial charge is 0.480 e. The molecule has 39 heavy (non-hydrogen) atoms. The average molecular weight is 531 g/mol. The van der Waals surface area contributed by atoms with Crippen LogP contribution in [-0.2, 0) is 27.2 Å². The smallest absolute Gasteiger partial charge is 0.410 e. The van der Waals surface area contributed by atoms with Gasteiger partial charge in [0, 0.05) is 25.9 Å². The van der Waals surface area contributed by atoms with Gasteiger partial charge in [0.05, 0.1) is 0 Å². The molecular formula is C31H34N2O6. The molecule has 0 aliphatic heterocycles. The van der Waals surface area contributed by atoms with E-state index in [0.29, 0.717) is 12.1 Å². The van der Waals surface area contributed by atoms with E-state index >= 15 is 0 Å². The topological polar surface area (TPSA) is 105 Å². The van der Waals surface area contributed by atoms with Crippen LogP contribution in [0.2, 0.25) is 0 Å². The maximum Gasteiger partial charge on any atom is 0.410 e. The van der Waals surface area contributed by atoms with Crippen molar-refractivity contribution in [2.45, 2.75) is 51.3 Å². The molecule has 0 heterocycles. The monoisotopic (exact) mass is 530 g/mol.